The molecule has 0 aliphatic rings. The lowest BCUT2D eigenvalue weighted by molar-refractivity contribution is 0.140. The first-order valence-electron chi connectivity index (χ1n) is 7.09. The molecule has 0 saturated heterocycles. The Hall–Kier alpha value is -1.84. The van der Waals surface area contributed by atoms with Crippen molar-refractivity contribution in [1.82, 2.24) is 9.55 Å². The lowest BCUT2D eigenvalue weighted by Gasteiger charge is -2.10. The van der Waals surface area contributed by atoms with Crippen molar-refractivity contribution in [2.24, 2.45) is 0 Å². The summed E-state index contributed by atoms with van der Waals surface area (Å²) in [5.74, 6) is 0.890. The maximum Gasteiger partial charge on any atom is 0.142 e. The summed E-state index contributed by atoms with van der Waals surface area (Å²) in [6, 6.07) is 15.9. The van der Waals surface area contributed by atoms with Gasteiger partial charge < -0.3 is 9.30 Å². The Bertz CT molecular complexity index is 751. The van der Waals surface area contributed by atoms with Crippen LogP contribution in [0.15, 0.2) is 48.5 Å². The molecule has 0 radical (unpaired) electrons. The molecule has 108 valence electrons. The highest BCUT2D eigenvalue weighted by atomic mass is 35.5. The highest BCUT2D eigenvalue weighted by Gasteiger charge is 2.14. The van der Waals surface area contributed by atoms with Gasteiger partial charge in [-0.3, -0.25) is 0 Å². The summed E-state index contributed by atoms with van der Waals surface area (Å²) >= 11 is 6.34. The summed E-state index contributed by atoms with van der Waals surface area (Å²) in [7, 11) is 0. The molecule has 1 aromatic heterocycles. The molecular weight excluding hydrogens is 284 g/mol. The molecule has 0 fully saturated rings. The van der Waals surface area contributed by atoms with Gasteiger partial charge >= 0.3 is 0 Å². The van der Waals surface area contributed by atoms with Crippen molar-refractivity contribution in [2.75, 3.05) is 13.2 Å². The Morgan fingerprint density at radius 3 is 2.67 bits per heavy atom. The molecule has 3 nitrogen and oxygen atoms in total. The Kier molecular flexibility index (Phi) is 4.23. The van der Waals surface area contributed by atoms with Gasteiger partial charge in [0.15, 0.2) is 0 Å². The van der Waals surface area contributed by atoms with E-state index in [1.807, 2.05) is 49.4 Å². The summed E-state index contributed by atoms with van der Waals surface area (Å²) in [5.41, 5.74) is 3.03. The zero-order valence-corrected chi connectivity index (χ0v) is 12.7. The summed E-state index contributed by atoms with van der Waals surface area (Å²) in [6.45, 7) is 4.14. The summed E-state index contributed by atoms with van der Waals surface area (Å²) in [4.78, 5) is 4.75. The first-order chi connectivity index (χ1) is 10.3. The molecule has 0 spiro atoms. The normalized spacial score (nSPS) is 11.1. The molecule has 2 aromatic carbocycles. The lowest BCUT2D eigenvalue weighted by atomic mass is 10.2. The van der Waals surface area contributed by atoms with E-state index in [2.05, 4.69) is 10.6 Å². The van der Waals surface area contributed by atoms with Gasteiger partial charge in [-0.1, -0.05) is 35.9 Å². The minimum Gasteiger partial charge on any atom is -0.380 e. The SMILES string of the molecule is CCOCCn1c(-c2ccccc2Cl)nc2ccccc21. The van der Waals surface area contributed by atoms with Crippen LogP contribution in [0.1, 0.15) is 6.92 Å². The average molecular weight is 301 g/mol. The molecule has 0 atom stereocenters. The van der Waals surface area contributed by atoms with Gasteiger partial charge in [-0.2, -0.15) is 0 Å². The molecule has 0 N–H and O–H groups in total. The summed E-state index contributed by atoms with van der Waals surface area (Å²) in [5, 5.41) is 0.713. The fraction of sp³-hybridized carbons (Fsp3) is 0.235. The van der Waals surface area contributed by atoms with Crippen molar-refractivity contribution < 1.29 is 4.74 Å². The van der Waals surface area contributed by atoms with Crippen LogP contribution in [-0.2, 0) is 11.3 Å². The van der Waals surface area contributed by atoms with Crippen LogP contribution < -0.4 is 0 Å². The Morgan fingerprint density at radius 1 is 1.10 bits per heavy atom. The van der Waals surface area contributed by atoms with E-state index in [0.29, 0.717) is 18.2 Å². The molecule has 3 rings (SSSR count). The number of hydrogen-bond acceptors (Lipinski definition) is 2. The number of rotatable bonds is 5. The Balaban J connectivity index is 2.12. The van der Waals surface area contributed by atoms with Gasteiger partial charge in [-0.15, -0.1) is 0 Å². The second-order valence-corrected chi connectivity index (χ2v) is 5.16. The van der Waals surface area contributed by atoms with Crippen molar-refractivity contribution in [3.63, 3.8) is 0 Å². The van der Waals surface area contributed by atoms with Crippen molar-refractivity contribution in [3.05, 3.63) is 53.6 Å². The minimum absolute atomic E-state index is 0.661. The van der Waals surface area contributed by atoms with Crippen molar-refractivity contribution in [3.8, 4) is 11.4 Å². The molecule has 21 heavy (non-hydrogen) atoms. The largest absolute Gasteiger partial charge is 0.380 e. The predicted octanol–water partition coefficient (Wildman–Crippen LogP) is 4.39. The van der Waals surface area contributed by atoms with Crippen LogP contribution in [0.3, 0.4) is 0 Å². The third-order valence-electron chi connectivity index (χ3n) is 3.43. The van der Waals surface area contributed by atoms with E-state index < -0.39 is 0 Å². The standard InChI is InChI=1S/C17H17ClN2O/c1-2-21-12-11-20-16-10-6-5-9-15(16)19-17(20)13-7-3-4-8-14(13)18/h3-10H,2,11-12H2,1H3. The van der Waals surface area contributed by atoms with Gasteiger partial charge in [0.1, 0.15) is 5.82 Å². The van der Waals surface area contributed by atoms with Gasteiger partial charge in [-0.05, 0) is 31.2 Å². The van der Waals surface area contributed by atoms with Crippen molar-refractivity contribution >= 4 is 22.6 Å². The van der Waals surface area contributed by atoms with Gasteiger partial charge in [0.25, 0.3) is 0 Å². The molecular formula is C17H17ClN2O. The second kappa shape index (κ2) is 6.29. The molecule has 1 heterocycles. The van der Waals surface area contributed by atoms with Crippen LogP contribution in [0.5, 0.6) is 0 Å². The van der Waals surface area contributed by atoms with E-state index >= 15 is 0 Å². The van der Waals surface area contributed by atoms with Crippen LogP contribution in [0.25, 0.3) is 22.4 Å². The van der Waals surface area contributed by atoms with Gasteiger partial charge in [-0.25, -0.2) is 4.98 Å². The molecule has 0 saturated carbocycles. The number of ether oxygens (including phenoxy) is 1. The molecule has 4 heteroatoms. The maximum absolute atomic E-state index is 6.34. The summed E-state index contributed by atoms with van der Waals surface area (Å²) in [6.07, 6.45) is 0. The van der Waals surface area contributed by atoms with Crippen LogP contribution in [-0.4, -0.2) is 22.8 Å². The third-order valence-corrected chi connectivity index (χ3v) is 3.76. The van der Waals surface area contributed by atoms with E-state index in [0.717, 1.165) is 29.0 Å². The molecule has 0 aliphatic heterocycles. The molecule has 0 amide bonds. The number of imidazole rings is 1. The molecule has 0 aliphatic carbocycles. The topological polar surface area (TPSA) is 27.1 Å². The fourth-order valence-electron chi connectivity index (χ4n) is 2.45. The van der Waals surface area contributed by atoms with E-state index in [1.165, 1.54) is 0 Å². The first kappa shape index (κ1) is 14.1. The lowest BCUT2D eigenvalue weighted by Crippen LogP contribution is -2.07. The van der Waals surface area contributed by atoms with E-state index in [4.69, 9.17) is 21.3 Å². The fourth-order valence-corrected chi connectivity index (χ4v) is 2.67. The predicted molar refractivity (Wildman–Crippen MR) is 86.7 cm³/mol. The Morgan fingerprint density at radius 2 is 1.86 bits per heavy atom. The Labute approximate surface area is 129 Å². The van der Waals surface area contributed by atoms with E-state index in [1.54, 1.807) is 0 Å². The van der Waals surface area contributed by atoms with Crippen molar-refractivity contribution in [2.45, 2.75) is 13.5 Å². The van der Waals surface area contributed by atoms with E-state index in [9.17, 15) is 0 Å². The smallest absolute Gasteiger partial charge is 0.142 e. The quantitative estimate of drug-likeness (QED) is 0.653. The van der Waals surface area contributed by atoms with Crippen LogP contribution >= 0.6 is 11.6 Å². The van der Waals surface area contributed by atoms with Crippen LogP contribution in [0.4, 0.5) is 0 Å². The van der Waals surface area contributed by atoms with Crippen LogP contribution in [0.2, 0.25) is 5.02 Å². The number of hydrogen-bond donors (Lipinski definition) is 0. The highest BCUT2D eigenvalue weighted by molar-refractivity contribution is 6.33. The van der Waals surface area contributed by atoms with E-state index in [-0.39, 0.29) is 0 Å². The zero-order chi connectivity index (χ0) is 14.7. The van der Waals surface area contributed by atoms with Gasteiger partial charge in [0.05, 0.1) is 22.7 Å². The third kappa shape index (κ3) is 2.80. The highest BCUT2D eigenvalue weighted by Crippen LogP contribution is 2.29. The molecule has 0 unspecified atom stereocenters. The minimum atomic E-state index is 0.661. The number of fused-ring (bicyclic) bond motifs is 1. The monoisotopic (exact) mass is 300 g/mol. The van der Waals surface area contributed by atoms with Crippen molar-refractivity contribution in [1.29, 1.82) is 0 Å². The number of nitrogens with zero attached hydrogens (tertiary/aromatic N) is 2. The summed E-state index contributed by atoms with van der Waals surface area (Å²) < 4.78 is 7.67. The zero-order valence-electron chi connectivity index (χ0n) is 11.9. The second-order valence-electron chi connectivity index (χ2n) is 4.75. The van der Waals surface area contributed by atoms with Gasteiger partial charge in [0, 0.05) is 18.7 Å². The van der Waals surface area contributed by atoms with Crippen LogP contribution in [0, 0.1) is 0 Å². The number of aromatic nitrogens is 2. The first-order valence-corrected chi connectivity index (χ1v) is 7.47. The number of para-hydroxylation sites is 2. The number of benzene rings is 2. The van der Waals surface area contributed by atoms with Gasteiger partial charge in [0.2, 0.25) is 0 Å². The maximum atomic E-state index is 6.34. The number of halogens is 1. The molecule has 0 bridgehead atoms. The molecule has 3 aromatic rings. The average Bonchev–Trinajstić information content (AvgIpc) is 2.87.